The van der Waals surface area contributed by atoms with Gasteiger partial charge in [0.2, 0.25) is 0 Å². The number of carbonyl (C=O) groups excluding carboxylic acids is 1. The molecule has 1 aliphatic heterocycles. The standard InChI is InChI=1S/C22H30F2N4O/c1-4-5-10-26(2)14-16-8-11-28(12-9-16)22(29)19-15-27(3)25-21(19)18-7-6-17(23)13-20(18)24/h6-7,13,15-16H,4-5,8-12,14H2,1-3H3. The molecule has 0 bridgehead atoms. The molecule has 1 aromatic carbocycles. The van der Waals surface area contributed by atoms with E-state index in [1.165, 1.54) is 29.7 Å². The van der Waals surface area contributed by atoms with Gasteiger partial charge in [-0.25, -0.2) is 8.78 Å². The average Bonchev–Trinajstić information content (AvgIpc) is 3.07. The molecule has 1 amide bonds. The Morgan fingerprint density at radius 3 is 2.66 bits per heavy atom. The Balaban J connectivity index is 1.68. The fourth-order valence-electron chi connectivity index (χ4n) is 3.97. The van der Waals surface area contributed by atoms with Crippen molar-refractivity contribution in [2.75, 3.05) is 33.2 Å². The average molecular weight is 405 g/mol. The van der Waals surface area contributed by atoms with Crippen LogP contribution in [0.4, 0.5) is 8.78 Å². The van der Waals surface area contributed by atoms with Crippen molar-refractivity contribution in [3.05, 3.63) is 41.6 Å². The summed E-state index contributed by atoms with van der Waals surface area (Å²) in [6, 6.07) is 3.34. The van der Waals surface area contributed by atoms with E-state index >= 15 is 0 Å². The van der Waals surface area contributed by atoms with Crippen molar-refractivity contribution in [1.29, 1.82) is 0 Å². The topological polar surface area (TPSA) is 41.4 Å². The molecule has 0 atom stereocenters. The molecule has 7 heteroatoms. The summed E-state index contributed by atoms with van der Waals surface area (Å²) >= 11 is 0. The van der Waals surface area contributed by atoms with E-state index < -0.39 is 11.6 Å². The van der Waals surface area contributed by atoms with Gasteiger partial charge in [0.1, 0.15) is 17.3 Å². The molecule has 1 aromatic heterocycles. The molecule has 29 heavy (non-hydrogen) atoms. The first kappa shape index (κ1) is 21.4. The second-order valence-electron chi connectivity index (χ2n) is 8.04. The first-order chi connectivity index (χ1) is 13.9. The van der Waals surface area contributed by atoms with Crippen molar-refractivity contribution in [2.24, 2.45) is 13.0 Å². The molecule has 0 aliphatic carbocycles. The molecule has 3 rings (SSSR count). The van der Waals surface area contributed by atoms with Crippen LogP contribution in [0.5, 0.6) is 0 Å². The van der Waals surface area contributed by atoms with E-state index in [9.17, 15) is 13.6 Å². The molecule has 2 aromatic rings. The fraction of sp³-hybridized carbons (Fsp3) is 0.545. The third-order valence-electron chi connectivity index (χ3n) is 5.61. The highest BCUT2D eigenvalue weighted by atomic mass is 19.1. The predicted octanol–water partition coefficient (Wildman–Crippen LogP) is 3.95. The number of hydrogen-bond donors (Lipinski definition) is 0. The molecule has 0 saturated carbocycles. The van der Waals surface area contributed by atoms with E-state index in [2.05, 4.69) is 24.0 Å². The number of rotatable bonds is 7. The van der Waals surface area contributed by atoms with Crippen LogP contribution in [-0.2, 0) is 7.05 Å². The molecule has 1 saturated heterocycles. The molecule has 0 radical (unpaired) electrons. The van der Waals surface area contributed by atoms with Crippen LogP contribution in [0.15, 0.2) is 24.4 Å². The molecule has 0 unspecified atom stereocenters. The number of unbranched alkanes of at least 4 members (excludes halogenated alkanes) is 1. The smallest absolute Gasteiger partial charge is 0.257 e. The van der Waals surface area contributed by atoms with Crippen LogP contribution in [0.1, 0.15) is 43.0 Å². The number of carbonyl (C=O) groups is 1. The Morgan fingerprint density at radius 1 is 1.28 bits per heavy atom. The van der Waals surface area contributed by atoms with E-state index in [-0.39, 0.29) is 17.2 Å². The van der Waals surface area contributed by atoms with Crippen LogP contribution >= 0.6 is 0 Å². The molecule has 2 heterocycles. The quantitative estimate of drug-likeness (QED) is 0.702. The number of benzene rings is 1. The predicted molar refractivity (Wildman–Crippen MR) is 110 cm³/mol. The Labute approximate surface area is 171 Å². The van der Waals surface area contributed by atoms with Gasteiger partial charge in [-0.3, -0.25) is 9.48 Å². The zero-order valence-electron chi connectivity index (χ0n) is 17.5. The van der Waals surface area contributed by atoms with Gasteiger partial charge in [-0.1, -0.05) is 13.3 Å². The van der Waals surface area contributed by atoms with Crippen LogP contribution < -0.4 is 0 Å². The maximum Gasteiger partial charge on any atom is 0.257 e. The first-order valence-corrected chi connectivity index (χ1v) is 10.4. The molecule has 158 valence electrons. The van der Waals surface area contributed by atoms with Crippen LogP contribution in [0.2, 0.25) is 0 Å². The summed E-state index contributed by atoms with van der Waals surface area (Å²) in [4.78, 5) is 17.3. The van der Waals surface area contributed by atoms with Gasteiger partial charge in [-0.2, -0.15) is 5.10 Å². The van der Waals surface area contributed by atoms with Gasteiger partial charge in [-0.15, -0.1) is 0 Å². The number of nitrogens with zero attached hydrogens (tertiary/aromatic N) is 4. The molecular weight excluding hydrogens is 374 g/mol. The highest BCUT2D eigenvalue weighted by Crippen LogP contribution is 2.28. The van der Waals surface area contributed by atoms with E-state index in [1.54, 1.807) is 13.2 Å². The molecule has 5 nitrogen and oxygen atoms in total. The van der Waals surface area contributed by atoms with E-state index in [0.29, 0.717) is 24.6 Å². The minimum Gasteiger partial charge on any atom is -0.339 e. The lowest BCUT2D eigenvalue weighted by Crippen LogP contribution is -2.41. The van der Waals surface area contributed by atoms with Gasteiger partial charge < -0.3 is 9.80 Å². The number of likely N-dealkylation sites (tertiary alicyclic amines) is 1. The summed E-state index contributed by atoms with van der Waals surface area (Å²) in [6.45, 7) is 5.73. The van der Waals surface area contributed by atoms with Crippen LogP contribution in [0, 0.1) is 17.6 Å². The van der Waals surface area contributed by atoms with E-state index in [4.69, 9.17) is 0 Å². The maximum absolute atomic E-state index is 14.3. The number of aryl methyl sites for hydroxylation is 1. The summed E-state index contributed by atoms with van der Waals surface area (Å²) in [6.07, 6.45) is 5.94. The van der Waals surface area contributed by atoms with Crippen molar-refractivity contribution in [3.8, 4) is 11.3 Å². The van der Waals surface area contributed by atoms with Crippen molar-refractivity contribution in [3.63, 3.8) is 0 Å². The normalized spacial score (nSPS) is 15.3. The van der Waals surface area contributed by atoms with E-state index in [0.717, 1.165) is 32.0 Å². The minimum atomic E-state index is -0.716. The lowest BCUT2D eigenvalue weighted by Gasteiger charge is -2.34. The highest BCUT2D eigenvalue weighted by Gasteiger charge is 2.28. The Hall–Kier alpha value is -2.28. The molecule has 0 N–H and O–H groups in total. The monoisotopic (exact) mass is 404 g/mol. The van der Waals surface area contributed by atoms with Gasteiger partial charge >= 0.3 is 0 Å². The summed E-state index contributed by atoms with van der Waals surface area (Å²) < 4.78 is 29.0. The lowest BCUT2D eigenvalue weighted by molar-refractivity contribution is 0.0674. The number of aromatic nitrogens is 2. The second kappa shape index (κ2) is 9.48. The van der Waals surface area contributed by atoms with Crippen molar-refractivity contribution in [2.45, 2.75) is 32.6 Å². The number of halogens is 2. The summed E-state index contributed by atoms with van der Waals surface area (Å²) in [5.74, 6) is -0.925. The first-order valence-electron chi connectivity index (χ1n) is 10.4. The third-order valence-corrected chi connectivity index (χ3v) is 5.61. The lowest BCUT2D eigenvalue weighted by atomic mass is 9.95. The fourth-order valence-corrected chi connectivity index (χ4v) is 3.97. The minimum absolute atomic E-state index is 0.141. The van der Waals surface area contributed by atoms with E-state index in [1.807, 2.05) is 4.90 Å². The van der Waals surface area contributed by atoms with Gasteiger partial charge in [0, 0.05) is 44.5 Å². The van der Waals surface area contributed by atoms with Crippen LogP contribution in [-0.4, -0.2) is 58.7 Å². The Kier molecular flexibility index (Phi) is 7.00. The second-order valence-corrected chi connectivity index (χ2v) is 8.04. The third kappa shape index (κ3) is 5.21. The number of hydrogen-bond acceptors (Lipinski definition) is 3. The highest BCUT2D eigenvalue weighted by molar-refractivity contribution is 5.99. The maximum atomic E-state index is 14.3. The van der Waals surface area contributed by atoms with Crippen molar-refractivity contribution < 1.29 is 13.6 Å². The number of amides is 1. The zero-order chi connectivity index (χ0) is 21.0. The van der Waals surface area contributed by atoms with Gasteiger partial charge in [-0.05, 0) is 50.9 Å². The summed E-state index contributed by atoms with van der Waals surface area (Å²) in [5, 5.41) is 4.27. The molecule has 1 aliphatic rings. The Morgan fingerprint density at radius 2 is 2.00 bits per heavy atom. The van der Waals surface area contributed by atoms with Crippen LogP contribution in [0.25, 0.3) is 11.3 Å². The van der Waals surface area contributed by atoms with Crippen LogP contribution in [0.3, 0.4) is 0 Å². The van der Waals surface area contributed by atoms with Crippen molar-refractivity contribution in [1.82, 2.24) is 19.6 Å². The summed E-state index contributed by atoms with van der Waals surface area (Å²) in [7, 11) is 3.85. The summed E-state index contributed by atoms with van der Waals surface area (Å²) in [5.41, 5.74) is 0.760. The molecule has 0 spiro atoms. The zero-order valence-corrected chi connectivity index (χ0v) is 17.5. The Bertz CT molecular complexity index is 843. The van der Waals surface area contributed by atoms with Gasteiger partial charge in [0.25, 0.3) is 5.91 Å². The van der Waals surface area contributed by atoms with Gasteiger partial charge in [0.05, 0.1) is 5.56 Å². The molecule has 1 fully saturated rings. The SMILES string of the molecule is CCCCN(C)CC1CCN(C(=O)c2cn(C)nc2-c2ccc(F)cc2F)CC1. The number of piperidine rings is 1. The molecular formula is C22H30F2N4O. The van der Waals surface area contributed by atoms with Gasteiger partial charge in [0.15, 0.2) is 0 Å². The van der Waals surface area contributed by atoms with Crippen molar-refractivity contribution >= 4 is 5.91 Å². The largest absolute Gasteiger partial charge is 0.339 e.